The first-order chi connectivity index (χ1) is 7.34. The molecule has 0 spiro atoms. The van der Waals surface area contributed by atoms with Crippen LogP contribution in [0, 0.1) is 3.57 Å². The lowest BCUT2D eigenvalue weighted by Gasteiger charge is -2.22. The van der Waals surface area contributed by atoms with Crippen LogP contribution in [-0.4, -0.2) is 19.3 Å². The van der Waals surface area contributed by atoms with Gasteiger partial charge in [-0.2, -0.15) is 0 Å². The summed E-state index contributed by atoms with van der Waals surface area (Å²) in [7, 11) is 0. The predicted octanol–water partition coefficient (Wildman–Crippen LogP) is 2.99. The summed E-state index contributed by atoms with van der Waals surface area (Å²) < 4.78 is 12.4. The van der Waals surface area contributed by atoms with Crippen LogP contribution in [0.4, 0.5) is 0 Å². The molecule has 82 valence electrons. The van der Waals surface area contributed by atoms with E-state index in [1.54, 1.807) is 0 Å². The van der Waals surface area contributed by atoms with Crippen LogP contribution in [0.25, 0.3) is 0 Å². The zero-order valence-corrected chi connectivity index (χ0v) is 10.8. The molecule has 0 amide bonds. The lowest BCUT2D eigenvalue weighted by Crippen LogP contribution is -2.23. The number of rotatable bonds is 3. The fourth-order valence-electron chi connectivity index (χ4n) is 1.64. The molecular weight excluding hydrogens is 303 g/mol. The molecule has 1 heterocycles. The molecule has 0 radical (unpaired) electrons. The van der Waals surface area contributed by atoms with E-state index in [2.05, 4.69) is 46.9 Å². The summed E-state index contributed by atoms with van der Waals surface area (Å²) >= 11 is 2.31. The molecule has 2 nitrogen and oxygen atoms in total. The Hall–Kier alpha value is -0.130. The van der Waals surface area contributed by atoms with Crippen LogP contribution in [0.3, 0.4) is 0 Å². The van der Waals surface area contributed by atoms with Gasteiger partial charge < -0.3 is 9.47 Å². The smallest absolute Gasteiger partial charge is 0.0720 e. The van der Waals surface area contributed by atoms with Crippen LogP contribution >= 0.6 is 22.6 Å². The number of hydrogen-bond donors (Lipinski definition) is 0. The van der Waals surface area contributed by atoms with Crippen molar-refractivity contribution < 1.29 is 9.47 Å². The summed E-state index contributed by atoms with van der Waals surface area (Å²) in [5.74, 6) is 0. The van der Waals surface area contributed by atoms with Gasteiger partial charge in [-0.05, 0) is 53.1 Å². The molecule has 1 aromatic carbocycles. The number of halogens is 1. The third-order valence-corrected chi connectivity index (χ3v) is 3.29. The SMILES string of the molecule is Ic1ccc(COC2CCOCC2)cc1. The number of hydrogen-bond acceptors (Lipinski definition) is 2. The fraction of sp³-hybridized carbons (Fsp3) is 0.500. The highest BCUT2D eigenvalue weighted by molar-refractivity contribution is 14.1. The minimum Gasteiger partial charge on any atom is -0.381 e. The Labute approximate surface area is 104 Å². The van der Waals surface area contributed by atoms with Gasteiger partial charge >= 0.3 is 0 Å². The molecule has 0 atom stereocenters. The van der Waals surface area contributed by atoms with E-state index in [1.807, 2.05) is 0 Å². The van der Waals surface area contributed by atoms with Crippen LogP contribution in [0.15, 0.2) is 24.3 Å². The van der Waals surface area contributed by atoms with E-state index in [4.69, 9.17) is 9.47 Å². The van der Waals surface area contributed by atoms with Gasteiger partial charge in [0, 0.05) is 16.8 Å². The van der Waals surface area contributed by atoms with Crippen molar-refractivity contribution in [2.45, 2.75) is 25.6 Å². The molecule has 2 rings (SSSR count). The Balaban J connectivity index is 1.79. The average molecular weight is 318 g/mol. The predicted molar refractivity (Wildman–Crippen MR) is 67.8 cm³/mol. The van der Waals surface area contributed by atoms with Gasteiger partial charge in [0.05, 0.1) is 12.7 Å². The van der Waals surface area contributed by atoms with Gasteiger partial charge in [-0.25, -0.2) is 0 Å². The van der Waals surface area contributed by atoms with Crippen molar-refractivity contribution in [3.63, 3.8) is 0 Å². The van der Waals surface area contributed by atoms with Crippen molar-refractivity contribution in [1.29, 1.82) is 0 Å². The molecule has 0 saturated carbocycles. The minimum absolute atomic E-state index is 0.387. The molecule has 0 N–H and O–H groups in total. The van der Waals surface area contributed by atoms with E-state index in [9.17, 15) is 0 Å². The lowest BCUT2D eigenvalue weighted by atomic mass is 10.1. The first-order valence-corrected chi connectivity index (χ1v) is 6.36. The molecule has 1 saturated heterocycles. The summed E-state index contributed by atoms with van der Waals surface area (Å²) in [6.07, 6.45) is 2.45. The Kier molecular flexibility index (Phi) is 4.41. The van der Waals surface area contributed by atoms with E-state index < -0.39 is 0 Å². The van der Waals surface area contributed by atoms with Crippen molar-refractivity contribution in [3.8, 4) is 0 Å². The highest BCUT2D eigenvalue weighted by Crippen LogP contribution is 2.14. The minimum atomic E-state index is 0.387. The van der Waals surface area contributed by atoms with Crippen molar-refractivity contribution in [2.75, 3.05) is 13.2 Å². The lowest BCUT2D eigenvalue weighted by molar-refractivity contribution is -0.0390. The van der Waals surface area contributed by atoms with Gasteiger partial charge in [0.25, 0.3) is 0 Å². The third-order valence-electron chi connectivity index (χ3n) is 2.57. The van der Waals surface area contributed by atoms with Gasteiger partial charge in [-0.1, -0.05) is 12.1 Å². The summed E-state index contributed by atoms with van der Waals surface area (Å²) in [5, 5.41) is 0. The number of benzene rings is 1. The Morgan fingerprint density at radius 2 is 1.87 bits per heavy atom. The fourth-order valence-corrected chi connectivity index (χ4v) is 2.00. The van der Waals surface area contributed by atoms with Gasteiger partial charge in [-0.15, -0.1) is 0 Å². The van der Waals surface area contributed by atoms with E-state index >= 15 is 0 Å². The monoisotopic (exact) mass is 318 g/mol. The van der Waals surface area contributed by atoms with Gasteiger partial charge in [0.2, 0.25) is 0 Å². The highest BCUT2D eigenvalue weighted by atomic mass is 127. The summed E-state index contributed by atoms with van der Waals surface area (Å²) in [4.78, 5) is 0. The van der Waals surface area contributed by atoms with Crippen LogP contribution in [0.1, 0.15) is 18.4 Å². The zero-order valence-electron chi connectivity index (χ0n) is 8.62. The quantitative estimate of drug-likeness (QED) is 0.798. The van der Waals surface area contributed by atoms with Crippen LogP contribution in [0.2, 0.25) is 0 Å². The molecule has 1 fully saturated rings. The second kappa shape index (κ2) is 5.82. The van der Waals surface area contributed by atoms with Crippen molar-refractivity contribution in [3.05, 3.63) is 33.4 Å². The summed E-state index contributed by atoms with van der Waals surface area (Å²) in [6.45, 7) is 2.41. The maximum absolute atomic E-state index is 5.83. The molecule has 0 aromatic heterocycles. The summed E-state index contributed by atoms with van der Waals surface area (Å²) in [5.41, 5.74) is 1.25. The number of ether oxygens (including phenoxy) is 2. The molecule has 15 heavy (non-hydrogen) atoms. The van der Waals surface area contributed by atoms with Gasteiger partial charge in [0.15, 0.2) is 0 Å². The largest absolute Gasteiger partial charge is 0.381 e. The van der Waals surface area contributed by atoms with Crippen molar-refractivity contribution in [2.24, 2.45) is 0 Å². The molecule has 3 heteroatoms. The first kappa shape index (κ1) is 11.4. The van der Waals surface area contributed by atoms with Crippen molar-refractivity contribution in [1.82, 2.24) is 0 Å². The van der Waals surface area contributed by atoms with Gasteiger partial charge in [-0.3, -0.25) is 0 Å². The normalized spacial score (nSPS) is 17.9. The standard InChI is InChI=1S/C12H15IO2/c13-11-3-1-10(2-4-11)9-15-12-5-7-14-8-6-12/h1-4,12H,5-9H2. The first-order valence-electron chi connectivity index (χ1n) is 5.28. The third kappa shape index (κ3) is 3.74. The molecule has 0 aliphatic carbocycles. The molecule has 1 aliphatic rings. The second-order valence-electron chi connectivity index (χ2n) is 3.75. The average Bonchev–Trinajstić information content (AvgIpc) is 2.30. The van der Waals surface area contributed by atoms with Crippen molar-refractivity contribution >= 4 is 22.6 Å². The topological polar surface area (TPSA) is 18.5 Å². The van der Waals surface area contributed by atoms with E-state index in [0.717, 1.165) is 32.7 Å². The maximum Gasteiger partial charge on any atom is 0.0720 e. The Bertz CT molecular complexity index is 291. The van der Waals surface area contributed by atoms with E-state index in [0.29, 0.717) is 6.10 Å². The maximum atomic E-state index is 5.83. The van der Waals surface area contributed by atoms with Crippen LogP contribution in [-0.2, 0) is 16.1 Å². The summed E-state index contributed by atoms with van der Waals surface area (Å²) in [6, 6.07) is 8.48. The molecule has 1 aromatic rings. The Morgan fingerprint density at radius 3 is 2.53 bits per heavy atom. The van der Waals surface area contributed by atoms with Crippen LogP contribution < -0.4 is 0 Å². The molecule has 0 unspecified atom stereocenters. The molecule has 1 aliphatic heterocycles. The van der Waals surface area contributed by atoms with Gasteiger partial charge in [0.1, 0.15) is 0 Å². The zero-order chi connectivity index (χ0) is 10.5. The van der Waals surface area contributed by atoms with E-state index in [-0.39, 0.29) is 0 Å². The van der Waals surface area contributed by atoms with Crippen LogP contribution in [0.5, 0.6) is 0 Å². The Morgan fingerprint density at radius 1 is 1.20 bits per heavy atom. The molecular formula is C12H15IO2. The van der Waals surface area contributed by atoms with E-state index in [1.165, 1.54) is 9.13 Å². The second-order valence-corrected chi connectivity index (χ2v) is 4.99. The highest BCUT2D eigenvalue weighted by Gasteiger charge is 2.13. The molecule has 0 bridgehead atoms.